The zero-order chi connectivity index (χ0) is 15.3. The molecule has 0 spiro atoms. The number of ether oxygens (including phenoxy) is 1. The number of piperidine rings is 2. The smallest absolute Gasteiger partial charge is 0.310 e. The third-order valence-corrected chi connectivity index (χ3v) is 6.42. The molecular formula is C19H25NO2. The van der Waals surface area contributed by atoms with Crippen LogP contribution in [0.5, 0.6) is 0 Å². The molecule has 5 rings (SSSR count). The minimum Gasteiger partial charge on any atom is -0.466 e. The van der Waals surface area contributed by atoms with Gasteiger partial charge in [0, 0.05) is 17.5 Å². The second-order valence-corrected chi connectivity index (χ2v) is 7.16. The number of hydrogen-bond acceptors (Lipinski definition) is 3. The summed E-state index contributed by atoms with van der Waals surface area (Å²) in [6, 6.07) is 9.75. The minimum absolute atomic E-state index is 0.00186. The Balaban J connectivity index is 1.72. The van der Waals surface area contributed by atoms with Crippen LogP contribution < -0.4 is 5.32 Å². The van der Waals surface area contributed by atoms with Crippen molar-refractivity contribution in [3.05, 3.63) is 35.4 Å². The standard InChI is InChI=1S/C19H25NO2/c1-3-19-11-17-13(18(21)22-4-2)10-15(19)16(20-17)9-12-7-5-6-8-14(12)19/h5-8,13,15-17,20H,3-4,9-11H2,1-2H3/t13?,15?,16?,17?,19-/m0/s1. The fourth-order valence-electron chi connectivity index (χ4n) is 5.50. The van der Waals surface area contributed by atoms with Crippen molar-refractivity contribution in [3.63, 3.8) is 0 Å². The van der Waals surface area contributed by atoms with E-state index in [2.05, 4.69) is 36.5 Å². The average Bonchev–Trinajstić information content (AvgIpc) is 2.54. The fourth-order valence-corrected chi connectivity index (χ4v) is 5.50. The Bertz CT molecular complexity index is 599. The summed E-state index contributed by atoms with van der Waals surface area (Å²) in [6.07, 6.45) is 4.34. The Morgan fingerprint density at radius 3 is 2.86 bits per heavy atom. The normalized spacial score (nSPS) is 38.5. The Morgan fingerprint density at radius 1 is 1.32 bits per heavy atom. The van der Waals surface area contributed by atoms with Crippen molar-refractivity contribution in [2.24, 2.45) is 11.8 Å². The first-order valence-corrected chi connectivity index (χ1v) is 8.70. The van der Waals surface area contributed by atoms with Crippen LogP contribution in [0.25, 0.3) is 0 Å². The van der Waals surface area contributed by atoms with Gasteiger partial charge in [0.25, 0.3) is 0 Å². The van der Waals surface area contributed by atoms with Gasteiger partial charge in [0.1, 0.15) is 0 Å². The summed E-state index contributed by atoms with van der Waals surface area (Å²) in [6.45, 7) is 4.70. The van der Waals surface area contributed by atoms with Crippen molar-refractivity contribution in [2.75, 3.05) is 6.61 Å². The molecule has 5 atom stereocenters. The van der Waals surface area contributed by atoms with Gasteiger partial charge in [0.2, 0.25) is 0 Å². The summed E-state index contributed by atoms with van der Waals surface area (Å²) >= 11 is 0. The fraction of sp³-hybridized carbons (Fsp3) is 0.632. The highest BCUT2D eigenvalue weighted by molar-refractivity contribution is 5.74. The molecule has 3 fully saturated rings. The van der Waals surface area contributed by atoms with Crippen LogP contribution in [0.15, 0.2) is 24.3 Å². The summed E-state index contributed by atoms with van der Waals surface area (Å²) < 4.78 is 5.31. The number of hydrogen-bond donors (Lipinski definition) is 1. The highest BCUT2D eigenvalue weighted by atomic mass is 16.5. The molecule has 1 saturated carbocycles. The molecule has 0 radical (unpaired) electrons. The van der Waals surface area contributed by atoms with E-state index in [9.17, 15) is 4.79 Å². The van der Waals surface area contributed by atoms with Gasteiger partial charge in [-0.2, -0.15) is 0 Å². The first-order valence-electron chi connectivity index (χ1n) is 8.70. The SMILES string of the molecule is CCOC(=O)C1CC2C3Cc4ccccc4[C@]2(CC)CC1N3. The largest absolute Gasteiger partial charge is 0.466 e. The first kappa shape index (κ1) is 14.3. The van der Waals surface area contributed by atoms with Gasteiger partial charge in [0.05, 0.1) is 12.5 Å². The molecule has 1 aromatic carbocycles. The molecule has 0 aromatic heterocycles. The van der Waals surface area contributed by atoms with Crippen molar-refractivity contribution in [1.29, 1.82) is 0 Å². The van der Waals surface area contributed by atoms with Gasteiger partial charge >= 0.3 is 5.97 Å². The number of nitrogens with one attached hydrogen (secondary N) is 1. The number of benzene rings is 1. The third-order valence-electron chi connectivity index (χ3n) is 6.42. The molecule has 0 amide bonds. The lowest BCUT2D eigenvalue weighted by Gasteiger charge is -2.61. The second kappa shape index (κ2) is 5.09. The van der Waals surface area contributed by atoms with Crippen LogP contribution in [0.4, 0.5) is 0 Å². The highest BCUT2D eigenvalue weighted by Crippen LogP contribution is 2.56. The molecule has 1 aromatic rings. The Kier molecular flexibility index (Phi) is 3.30. The van der Waals surface area contributed by atoms with Crippen LogP contribution in [0.2, 0.25) is 0 Å². The first-order chi connectivity index (χ1) is 10.7. The summed E-state index contributed by atoms with van der Waals surface area (Å²) in [5.41, 5.74) is 3.32. The van der Waals surface area contributed by atoms with Crippen LogP contribution in [0.3, 0.4) is 0 Å². The van der Waals surface area contributed by atoms with Crippen LogP contribution >= 0.6 is 0 Å². The van der Waals surface area contributed by atoms with Gasteiger partial charge in [-0.15, -0.1) is 0 Å². The molecular weight excluding hydrogens is 274 g/mol. The summed E-state index contributed by atoms with van der Waals surface area (Å²) in [5.74, 6) is 0.611. The predicted molar refractivity (Wildman–Crippen MR) is 85.7 cm³/mol. The van der Waals surface area contributed by atoms with E-state index < -0.39 is 0 Å². The summed E-state index contributed by atoms with van der Waals surface area (Å²) in [5, 5.41) is 3.77. The molecule has 2 saturated heterocycles. The van der Waals surface area contributed by atoms with Crippen molar-refractivity contribution in [2.45, 2.75) is 57.0 Å². The predicted octanol–water partition coefficient (Wildman–Crippen LogP) is 2.82. The van der Waals surface area contributed by atoms with Crippen LogP contribution in [-0.2, 0) is 21.4 Å². The number of rotatable bonds is 3. The van der Waals surface area contributed by atoms with Crippen molar-refractivity contribution in [3.8, 4) is 0 Å². The molecule has 118 valence electrons. The van der Waals surface area contributed by atoms with Gasteiger partial charge in [-0.1, -0.05) is 31.2 Å². The van der Waals surface area contributed by atoms with E-state index in [0.717, 1.165) is 19.3 Å². The third kappa shape index (κ3) is 1.81. The Labute approximate surface area is 132 Å². The molecule has 22 heavy (non-hydrogen) atoms. The molecule has 3 nitrogen and oxygen atoms in total. The van der Waals surface area contributed by atoms with Gasteiger partial charge in [-0.3, -0.25) is 4.79 Å². The van der Waals surface area contributed by atoms with Crippen LogP contribution in [0, 0.1) is 11.8 Å². The van der Waals surface area contributed by atoms with Crippen molar-refractivity contribution >= 4 is 5.97 Å². The summed E-state index contributed by atoms with van der Waals surface area (Å²) in [7, 11) is 0. The average molecular weight is 299 g/mol. The number of carbonyl (C=O) groups excluding carboxylic acids is 1. The quantitative estimate of drug-likeness (QED) is 0.872. The lowest BCUT2D eigenvalue weighted by Crippen LogP contribution is -2.69. The zero-order valence-electron chi connectivity index (χ0n) is 13.5. The molecule has 2 aliphatic heterocycles. The zero-order valence-corrected chi connectivity index (χ0v) is 13.5. The monoisotopic (exact) mass is 299 g/mol. The molecule has 2 heterocycles. The maximum absolute atomic E-state index is 12.3. The molecule has 4 aliphatic rings. The maximum Gasteiger partial charge on any atom is 0.310 e. The molecule has 3 heteroatoms. The number of esters is 1. The van der Waals surface area contributed by atoms with E-state index in [1.165, 1.54) is 12.0 Å². The molecule has 4 bridgehead atoms. The van der Waals surface area contributed by atoms with Crippen molar-refractivity contribution < 1.29 is 9.53 Å². The van der Waals surface area contributed by atoms with Crippen LogP contribution in [-0.4, -0.2) is 24.7 Å². The van der Waals surface area contributed by atoms with E-state index in [1.807, 2.05) is 6.92 Å². The molecule has 1 N–H and O–H groups in total. The topological polar surface area (TPSA) is 38.3 Å². The molecule has 2 aliphatic carbocycles. The van der Waals surface area contributed by atoms with E-state index in [4.69, 9.17) is 4.74 Å². The van der Waals surface area contributed by atoms with E-state index in [1.54, 1.807) is 5.56 Å². The maximum atomic E-state index is 12.3. The van der Waals surface area contributed by atoms with E-state index in [0.29, 0.717) is 18.6 Å². The molecule has 4 unspecified atom stereocenters. The van der Waals surface area contributed by atoms with Crippen LogP contribution in [0.1, 0.15) is 44.2 Å². The van der Waals surface area contributed by atoms with Gasteiger partial charge in [-0.25, -0.2) is 0 Å². The summed E-state index contributed by atoms with van der Waals surface area (Å²) in [4.78, 5) is 12.3. The lowest BCUT2D eigenvalue weighted by atomic mass is 9.49. The minimum atomic E-state index is 0.00186. The van der Waals surface area contributed by atoms with E-state index >= 15 is 0 Å². The van der Waals surface area contributed by atoms with Gasteiger partial charge in [0.15, 0.2) is 0 Å². The van der Waals surface area contributed by atoms with E-state index in [-0.39, 0.29) is 23.3 Å². The van der Waals surface area contributed by atoms with Gasteiger partial charge < -0.3 is 10.1 Å². The van der Waals surface area contributed by atoms with Crippen molar-refractivity contribution in [1.82, 2.24) is 5.32 Å². The Morgan fingerprint density at radius 2 is 2.14 bits per heavy atom. The van der Waals surface area contributed by atoms with Gasteiger partial charge in [-0.05, 0) is 49.7 Å². The lowest BCUT2D eigenvalue weighted by molar-refractivity contribution is -0.155. The second-order valence-electron chi connectivity index (χ2n) is 7.16. The number of carbonyl (C=O) groups is 1. The highest BCUT2D eigenvalue weighted by Gasteiger charge is 2.59. The number of fused-ring (bicyclic) bond motifs is 2. The Hall–Kier alpha value is -1.35.